The number of ketones is 1. The monoisotopic (exact) mass is 263 g/mol. The fraction of sp³-hybridized carbons (Fsp3) is 0.467. The minimum absolute atomic E-state index is 0.103. The maximum atomic E-state index is 12.2. The number of hydrogen-bond donors (Lipinski definition) is 0. The van der Waals surface area contributed by atoms with Gasteiger partial charge in [-0.3, -0.25) is 4.79 Å². The molecule has 1 atom stereocenters. The van der Waals surface area contributed by atoms with Crippen LogP contribution in [0.2, 0.25) is 0 Å². The van der Waals surface area contributed by atoms with Crippen LogP contribution in [0.1, 0.15) is 38.1 Å². The summed E-state index contributed by atoms with van der Waals surface area (Å²) in [5.41, 5.74) is 0.0197. The van der Waals surface area contributed by atoms with Gasteiger partial charge in [0.2, 0.25) is 0 Å². The van der Waals surface area contributed by atoms with Gasteiger partial charge in [-0.2, -0.15) is 0 Å². The number of benzene rings is 1. The van der Waals surface area contributed by atoms with Crippen LogP contribution < -0.4 is 0 Å². The van der Waals surface area contributed by atoms with Crippen molar-refractivity contribution in [3.63, 3.8) is 0 Å². The number of likely N-dealkylation sites (N-methyl/N-ethyl adjacent to an activating group) is 1. The number of rotatable bonds is 3. The Hall–Kier alpha value is -1.84. The first kappa shape index (κ1) is 15.2. The first-order chi connectivity index (χ1) is 8.72. The molecule has 0 spiro atoms. The second-order valence-corrected chi connectivity index (χ2v) is 5.50. The Morgan fingerprint density at radius 1 is 1.16 bits per heavy atom. The molecule has 0 unspecified atom stereocenters. The molecule has 1 aromatic carbocycles. The molecule has 4 nitrogen and oxygen atoms in total. The number of hydrogen-bond acceptors (Lipinski definition) is 3. The lowest BCUT2D eigenvalue weighted by atomic mass is 10.1. The molecule has 0 fully saturated rings. The third kappa shape index (κ3) is 4.39. The molecular weight excluding hydrogens is 242 g/mol. The second-order valence-electron chi connectivity index (χ2n) is 5.50. The summed E-state index contributed by atoms with van der Waals surface area (Å²) in [6, 6.07) is 8.36. The molecule has 4 heteroatoms. The third-order valence-electron chi connectivity index (χ3n) is 2.70. The molecule has 0 saturated carbocycles. The largest absolute Gasteiger partial charge is 0.444 e. The summed E-state index contributed by atoms with van der Waals surface area (Å²) in [6.45, 7) is 7.08. The molecule has 0 radical (unpaired) electrons. The maximum Gasteiger partial charge on any atom is 0.410 e. The van der Waals surface area contributed by atoms with Gasteiger partial charge in [0.15, 0.2) is 5.78 Å². The molecule has 0 aromatic heterocycles. The molecule has 0 aliphatic carbocycles. The van der Waals surface area contributed by atoms with Gasteiger partial charge in [-0.05, 0) is 27.7 Å². The molecule has 19 heavy (non-hydrogen) atoms. The highest BCUT2D eigenvalue weighted by molar-refractivity contribution is 6.01. The van der Waals surface area contributed by atoms with Crippen molar-refractivity contribution in [2.45, 2.75) is 39.3 Å². The number of nitrogens with zero attached hydrogens (tertiary/aromatic N) is 1. The van der Waals surface area contributed by atoms with Crippen molar-refractivity contribution in [3.05, 3.63) is 35.9 Å². The quantitative estimate of drug-likeness (QED) is 0.787. The van der Waals surface area contributed by atoms with E-state index in [1.807, 2.05) is 6.07 Å². The van der Waals surface area contributed by atoms with Crippen LogP contribution in [-0.4, -0.2) is 35.5 Å². The summed E-state index contributed by atoms with van der Waals surface area (Å²) < 4.78 is 5.24. The minimum atomic E-state index is -0.569. The number of ether oxygens (including phenoxy) is 1. The summed E-state index contributed by atoms with van der Waals surface area (Å²) in [5.74, 6) is -0.103. The Balaban J connectivity index is 2.75. The van der Waals surface area contributed by atoms with Crippen LogP contribution >= 0.6 is 0 Å². The van der Waals surface area contributed by atoms with Crippen molar-refractivity contribution >= 4 is 11.9 Å². The van der Waals surface area contributed by atoms with Crippen molar-refractivity contribution in [1.29, 1.82) is 0 Å². The Labute approximate surface area is 114 Å². The smallest absolute Gasteiger partial charge is 0.410 e. The summed E-state index contributed by atoms with van der Waals surface area (Å²) >= 11 is 0. The van der Waals surface area contributed by atoms with Crippen LogP contribution in [0.5, 0.6) is 0 Å². The number of Topliss-reactive ketones (excluding diaryl/α,β-unsaturated/α-hetero) is 1. The third-order valence-corrected chi connectivity index (χ3v) is 2.70. The molecule has 104 valence electrons. The van der Waals surface area contributed by atoms with E-state index in [0.717, 1.165) is 0 Å². The van der Waals surface area contributed by atoms with Crippen LogP contribution in [0.4, 0.5) is 4.79 Å². The van der Waals surface area contributed by atoms with Gasteiger partial charge in [0.25, 0.3) is 0 Å². The van der Waals surface area contributed by atoms with E-state index in [0.29, 0.717) is 5.56 Å². The molecule has 0 N–H and O–H groups in total. The molecule has 0 bridgehead atoms. The van der Waals surface area contributed by atoms with Gasteiger partial charge in [-0.1, -0.05) is 30.3 Å². The molecule has 1 aromatic rings. The van der Waals surface area contributed by atoms with Gasteiger partial charge in [0, 0.05) is 12.6 Å². The predicted molar refractivity (Wildman–Crippen MR) is 74.2 cm³/mol. The van der Waals surface area contributed by atoms with E-state index in [9.17, 15) is 9.59 Å². The molecule has 0 heterocycles. The van der Waals surface area contributed by atoms with Crippen molar-refractivity contribution < 1.29 is 14.3 Å². The Kier molecular flexibility index (Phi) is 4.70. The Bertz CT molecular complexity index is 448. The fourth-order valence-corrected chi connectivity index (χ4v) is 1.51. The first-order valence-electron chi connectivity index (χ1n) is 6.27. The average Bonchev–Trinajstić information content (AvgIpc) is 2.35. The molecule has 1 rings (SSSR count). The maximum absolute atomic E-state index is 12.2. The van der Waals surface area contributed by atoms with E-state index >= 15 is 0 Å². The number of amides is 1. The molecular formula is C15H21NO3. The lowest BCUT2D eigenvalue weighted by Gasteiger charge is -2.28. The van der Waals surface area contributed by atoms with Gasteiger partial charge < -0.3 is 9.64 Å². The van der Waals surface area contributed by atoms with E-state index in [1.54, 1.807) is 59.0 Å². The zero-order chi connectivity index (χ0) is 14.6. The highest BCUT2D eigenvalue weighted by Crippen LogP contribution is 2.13. The van der Waals surface area contributed by atoms with Crippen LogP contribution in [0.15, 0.2) is 30.3 Å². The van der Waals surface area contributed by atoms with Crippen molar-refractivity contribution in [1.82, 2.24) is 4.90 Å². The van der Waals surface area contributed by atoms with Gasteiger partial charge in [0.1, 0.15) is 5.60 Å². The Morgan fingerprint density at radius 3 is 2.16 bits per heavy atom. The van der Waals surface area contributed by atoms with E-state index in [1.165, 1.54) is 4.90 Å². The number of carbonyl (C=O) groups excluding carboxylic acids is 2. The summed E-state index contributed by atoms with van der Waals surface area (Å²) in [6.07, 6.45) is -0.496. The molecule has 1 amide bonds. The zero-order valence-electron chi connectivity index (χ0n) is 12.1. The fourth-order valence-electron chi connectivity index (χ4n) is 1.51. The minimum Gasteiger partial charge on any atom is -0.444 e. The van der Waals surface area contributed by atoms with E-state index in [-0.39, 0.29) is 5.78 Å². The Morgan fingerprint density at radius 2 is 1.68 bits per heavy atom. The predicted octanol–water partition coefficient (Wildman–Crippen LogP) is 3.12. The molecule has 0 aliphatic rings. The summed E-state index contributed by atoms with van der Waals surface area (Å²) in [5, 5.41) is 0. The van der Waals surface area contributed by atoms with Gasteiger partial charge in [-0.15, -0.1) is 0 Å². The van der Waals surface area contributed by atoms with E-state index in [4.69, 9.17) is 4.74 Å². The van der Waals surface area contributed by atoms with Crippen molar-refractivity contribution in [2.24, 2.45) is 0 Å². The lowest BCUT2D eigenvalue weighted by molar-refractivity contribution is 0.0231. The first-order valence-corrected chi connectivity index (χ1v) is 6.27. The van der Waals surface area contributed by atoms with Crippen molar-refractivity contribution in [3.8, 4) is 0 Å². The van der Waals surface area contributed by atoms with Crippen molar-refractivity contribution in [2.75, 3.05) is 7.05 Å². The highest BCUT2D eigenvalue weighted by Gasteiger charge is 2.27. The summed E-state index contributed by atoms with van der Waals surface area (Å²) in [4.78, 5) is 25.4. The lowest BCUT2D eigenvalue weighted by Crippen LogP contribution is -2.43. The molecule has 0 aliphatic heterocycles. The second kappa shape index (κ2) is 5.87. The van der Waals surface area contributed by atoms with Crippen LogP contribution in [-0.2, 0) is 4.74 Å². The molecule has 0 saturated heterocycles. The van der Waals surface area contributed by atoms with Crippen LogP contribution in [0.3, 0.4) is 0 Å². The zero-order valence-corrected chi connectivity index (χ0v) is 12.1. The van der Waals surface area contributed by atoms with Gasteiger partial charge in [0.05, 0.1) is 6.04 Å². The van der Waals surface area contributed by atoms with Crippen LogP contribution in [0, 0.1) is 0 Å². The van der Waals surface area contributed by atoms with Gasteiger partial charge in [-0.25, -0.2) is 4.79 Å². The van der Waals surface area contributed by atoms with Crippen LogP contribution in [0.25, 0.3) is 0 Å². The van der Waals surface area contributed by atoms with E-state index in [2.05, 4.69) is 0 Å². The van der Waals surface area contributed by atoms with E-state index < -0.39 is 17.7 Å². The van der Waals surface area contributed by atoms with Gasteiger partial charge >= 0.3 is 6.09 Å². The topological polar surface area (TPSA) is 46.6 Å². The highest BCUT2D eigenvalue weighted by atomic mass is 16.6. The summed E-state index contributed by atoms with van der Waals surface area (Å²) in [7, 11) is 1.57. The number of carbonyl (C=O) groups is 2. The normalized spacial score (nSPS) is 12.7. The SMILES string of the molecule is C[C@@H](C(=O)c1ccccc1)N(C)C(=O)OC(C)(C)C. The standard InChI is InChI=1S/C15H21NO3/c1-11(13(17)12-9-7-6-8-10-12)16(5)14(18)19-15(2,3)4/h6-11H,1-5H3/t11-/m0/s1. The average molecular weight is 263 g/mol.